The number of aromatic nitrogens is 2. The summed E-state index contributed by atoms with van der Waals surface area (Å²) in [7, 11) is -3.16. The zero-order valence-electron chi connectivity index (χ0n) is 13.3. The van der Waals surface area contributed by atoms with Gasteiger partial charge in [0.15, 0.2) is 0 Å². The van der Waals surface area contributed by atoms with E-state index in [1.165, 1.54) is 0 Å². The highest BCUT2D eigenvalue weighted by Crippen LogP contribution is 2.22. The predicted octanol–water partition coefficient (Wildman–Crippen LogP) is 1.17. The Morgan fingerprint density at radius 2 is 1.67 bits per heavy atom. The second-order valence-corrected chi connectivity index (χ2v) is 7.67. The van der Waals surface area contributed by atoms with Crippen LogP contribution in [0.25, 0.3) is 0 Å². The standard InChI is InChI=1S/C13H25N5O2S/c1-6-14-10-9-11(15-7-8-16-21(5,19)20)18-12(17-10)13(2,3)4/h9,16H,6-8H2,1-5H3,(H2,14,15,17,18). The third-order valence-electron chi connectivity index (χ3n) is 2.55. The fourth-order valence-electron chi connectivity index (χ4n) is 1.57. The van der Waals surface area contributed by atoms with Crippen LogP contribution in [-0.2, 0) is 15.4 Å². The Kier molecular flexibility index (Phi) is 5.91. The molecule has 0 spiro atoms. The van der Waals surface area contributed by atoms with Gasteiger partial charge in [0.2, 0.25) is 10.0 Å². The molecule has 21 heavy (non-hydrogen) atoms. The van der Waals surface area contributed by atoms with Crippen LogP contribution >= 0.6 is 0 Å². The highest BCUT2D eigenvalue weighted by atomic mass is 32.2. The smallest absolute Gasteiger partial charge is 0.208 e. The monoisotopic (exact) mass is 315 g/mol. The second kappa shape index (κ2) is 7.04. The van der Waals surface area contributed by atoms with Gasteiger partial charge in [-0.25, -0.2) is 23.1 Å². The quantitative estimate of drug-likeness (QED) is 0.654. The van der Waals surface area contributed by atoms with Crippen molar-refractivity contribution < 1.29 is 8.42 Å². The van der Waals surface area contributed by atoms with Gasteiger partial charge in [0, 0.05) is 31.1 Å². The summed E-state index contributed by atoms with van der Waals surface area (Å²) in [4.78, 5) is 8.97. The molecule has 0 radical (unpaired) electrons. The van der Waals surface area contributed by atoms with E-state index in [-0.39, 0.29) is 5.41 Å². The molecule has 0 unspecified atom stereocenters. The van der Waals surface area contributed by atoms with E-state index < -0.39 is 10.0 Å². The summed E-state index contributed by atoms with van der Waals surface area (Å²) >= 11 is 0. The summed E-state index contributed by atoms with van der Waals surface area (Å²) in [6, 6.07) is 1.82. The molecule has 1 aromatic rings. The fraction of sp³-hybridized carbons (Fsp3) is 0.692. The average Bonchev–Trinajstić information content (AvgIpc) is 2.33. The summed E-state index contributed by atoms with van der Waals surface area (Å²) in [5, 5.41) is 6.28. The lowest BCUT2D eigenvalue weighted by molar-refractivity contribution is 0.546. The zero-order valence-corrected chi connectivity index (χ0v) is 14.1. The normalized spacial score (nSPS) is 12.2. The van der Waals surface area contributed by atoms with E-state index >= 15 is 0 Å². The Morgan fingerprint density at radius 1 is 1.10 bits per heavy atom. The van der Waals surface area contributed by atoms with Gasteiger partial charge < -0.3 is 10.6 Å². The molecule has 7 nitrogen and oxygen atoms in total. The molecular formula is C13H25N5O2S. The first kappa shape index (κ1) is 17.6. The maximum atomic E-state index is 11.0. The minimum absolute atomic E-state index is 0.160. The van der Waals surface area contributed by atoms with Crippen LogP contribution in [0.15, 0.2) is 6.07 Å². The number of hydrogen-bond donors (Lipinski definition) is 3. The van der Waals surface area contributed by atoms with Gasteiger partial charge in [0.05, 0.1) is 6.26 Å². The van der Waals surface area contributed by atoms with Crippen molar-refractivity contribution in [1.29, 1.82) is 0 Å². The zero-order chi connectivity index (χ0) is 16.1. The van der Waals surface area contributed by atoms with Gasteiger partial charge in [-0.2, -0.15) is 0 Å². The molecule has 3 N–H and O–H groups in total. The molecule has 0 bridgehead atoms. The van der Waals surface area contributed by atoms with Crippen molar-refractivity contribution in [2.24, 2.45) is 0 Å². The van der Waals surface area contributed by atoms with Gasteiger partial charge in [-0.1, -0.05) is 20.8 Å². The Labute approximate surface area is 127 Å². The van der Waals surface area contributed by atoms with E-state index in [4.69, 9.17) is 0 Å². The van der Waals surface area contributed by atoms with Crippen molar-refractivity contribution in [2.45, 2.75) is 33.1 Å². The van der Waals surface area contributed by atoms with Crippen molar-refractivity contribution in [1.82, 2.24) is 14.7 Å². The Bertz CT molecular complexity index is 566. The first-order valence-electron chi connectivity index (χ1n) is 6.94. The summed E-state index contributed by atoms with van der Waals surface area (Å²) in [6.07, 6.45) is 1.14. The first-order chi connectivity index (χ1) is 9.62. The molecule has 0 amide bonds. The van der Waals surface area contributed by atoms with E-state index in [1.807, 2.05) is 33.8 Å². The number of hydrogen-bond acceptors (Lipinski definition) is 6. The summed E-state index contributed by atoms with van der Waals surface area (Å²) < 4.78 is 24.4. The number of anilines is 2. The highest BCUT2D eigenvalue weighted by Gasteiger charge is 2.19. The largest absolute Gasteiger partial charge is 0.370 e. The first-order valence-corrected chi connectivity index (χ1v) is 8.83. The van der Waals surface area contributed by atoms with Crippen LogP contribution in [0, 0.1) is 0 Å². The maximum absolute atomic E-state index is 11.0. The summed E-state index contributed by atoms with van der Waals surface area (Å²) in [6.45, 7) is 9.69. The Balaban J connectivity index is 2.78. The molecule has 0 aromatic carbocycles. The molecule has 0 saturated carbocycles. The summed E-state index contributed by atoms with van der Waals surface area (Å²) in [5.74, 6) is 2.18. The predicted molar refractivity (Wildman–Crippen MR) is 86.2 cm³/mol. The molecule has 0 saturated heterocycles. The number of sulfonamides is 1. The number of nitrogens with one attached hydrogen (secondary N) is 3. The van der Waals surface area contributed by atoms with E-state index in [0.717, 1.165) is 24.4 Å². The van der Waals surface area contributed by atoms with Crippen LogP contribution in [0.5, 0.6) is 0 Å². The SMILES string of the molecule is CCNc1cc(NCCNS(C)(=O)=O)nc(C(C)(C)C)n1. The van der Waals surface area contributed by atoms with Crippen LogP contribution in [0.1, 0.15) is 33.5 Å². The number of rotatable bonds is 7. The lowest BCUT2D eigenvalue weighted by atomic mass is 9.96. The second-order valence-electron chi connectivity index (χ2n) is 5.84. The highest BCUT2D eigenvalue weighted by molar-refractivity contribution is 7.88. The number of nitrogens with zero attached hydrogens (tertiary/aromatic N) is 2. The van der Waals surface area contributed by atoms with Crippen LogP contribution in [0.2, 0.25) is 0 Å². The summed E-state index contributed by atoms with van der Waals surface area (Å²) in [5.41, 5.74) is -0.160. The molecular weight excluding hydrogens is 290 g/mol. The molecule has 1 rings (SSSR count). The van der Waals surface area contributed by atoms with Gasteiger partial charge in [-0.15, -0.1) is 0 Å². The van der Waals surface area contributed by atoms with Gasteiger partial charge in [-0.3, -0.25) is 0 Å². The van der Waals surface area contributed by atoms with Crippen molar-refractivity contribution >= 4 is 21.7 Å². The molecule has 0 aliphatic heterocycles. The van der Waals surface area contributed by atoms with Crippen molar-refractivity contribution in [3.05, 3.63) is 11.9 Å². The maximum Gasteiger partial charge on any atom is 0.208 e. The van der Waals surface area contributed by atoms with Crippen LogP contribution in [-0.4, -0.2) is 44.3 Å². The van der Waals surface area contributed by atoms with E-state index in [2.05, 4.69) is 25.3 Å². The van der Waals surface area contributed by atoms with Gasteiger partial charge in [0.25, 0.3) is 0 Å². The van der Waals surface area contributed by atoms with Crippen molar-refractivity contribution in [3.8, 4) is 0 Å². The molecule has 1 aromatic heterocycles. The molecule has 0 aliphatic rings. The molecule has 0 atom stereocenters. The molecule has 8 heteroatoms. The van der Waals surface area contributed by atoms with Crippen molar-refractivity contribution in [2.75, 3.05) is 36.5 Å². The Hall–Kier alpha value is -1.41. The van der Waals surface area contributed by atoms with Gasteiger partial charge in [-0.05, 0) is 6.92 Å². The molecule has 0 fully saturated rings. The third kappa shape index (κ3) is 6.72. The third-order valence-corrected chi connectivity index (χ3v) is 3.28. The molecule has 0 aliphatic carbocycles. The van der Waals surface area contributed by atoms with Crippen LogP contribution in [0.3, 0.4) is 0 Å². The van der Waals surface area contributed by atoms with Crippen molar-refractivity contribution in [3.63, 3.8) is 0 Å². The van der Waals surface area contributed by atoms with E-state index in [9.17, 15) is 8.42 Å². The minimum atomic E-state index is -3.16. The minimum Gasteiger partial charge on any atom is -0.370 e. The average molecular weight is 315 g/mol. The lowest BCUT2D eigenvalue weighted by Gasteiger charge is -2.19. The molecule has 1 heterocycles. The van der Waals surface area contributed by atoms with Gasteiger partial charge in [0.1, 0.15) is 17.5 Å². The van der Waals surface area contributed by atoms with E-state index in [0.29, 0.717) is 18.9 Å². The molecule has 120 valence electrons. The van der Waals surface area contributed by atoms with Crippen LogP contribution in [0.4, 0.5) is 11.6 Å². The topological polar surface area (TPSA) is 96.0 Å². The fourth-order valence-corrected chi connectivity index (χ4v) is 2.04. The lowest BCUT2D eigenvalue weighted by Crippen LogP contribution is -2.28. The van der Waals surface area contributed by atoms with E-state index in [1.54, 1.807) is 0 Å². The van der Waals surface area contributed by atoms with Crippen LogP contribution < -0.4 is 15.4 Å². The Morgan fingerprint density at radius 3 is 2.14 bits per heavy atom. The van der Waals surface area contributed by atoms with Gasteiger partial charge >= 0.3 is 0 Å².